The number of anilines is 1. The minimum Gasteiger partial charge on any atom is -0.481 e. The first kappa shape index (κ1) is 22.3. The van der Waals surface area contributed by atoms with Crippen LogP contribution in [-0.2, 0) is 0 Å². The maximum absolute atomic E-state index is 13.5. The molecule has 0 spiro atoms. The summed E-state index contributed by atoms with van der Waals surface area (Å²) in [6.07, 6.45) is 0. The van der Waals surface area contributed by atoms with E-state index in [1.54, 1.807) is 13.2 Å². The Kier molecular flexibility index (Phi) is 6.02. The number of carbonyl (C=O) groups is 1. The van der Waals surface area contributed by atoms with Crippen LogP contribution in [0.1, 0.15) is 38.9 Å². The molecule has 0 aliphatic heterocycles. The number of methoxy groups -OCH3 is 1. The van der Waals surface area contributed by atoms with Gasteiger partial charge in [-0.05, 0) is 31.0 Å². The van der Waals surface area contributed by atoms with Gasteiger partial charge in [-0.25, -0.2) is 4.98 Å². The van der Waals surface area contributed by atoms with Crippen LogP contribution in [-0.4, -0.2) is 27.8 Å². The molecule has 0 fully saturated rings. The summed E-state index contributed by atoms with van der Waals surface area (Å²) in [6.45, 7) is 3.90. The van der Waals surface area contributed by atoms with Crippen molar-refractivity contribution in [1.29, 1.82) is 0 Å². The van der Waals surface area contributed by atoms with Crippen molar-refractivity contribution in [3.8, 4) is 5.88 Å². The Morgan fingerprint density at radius 2 is 1.49 bits per heavy atom. The number of benzene rings is 3. The summed E-state index contributed by atoms with van der Waals surface area (Å²) in [6, 6.07) is 29.6. The first-order valence-electron chi connectivity index (χ1n) is 11.5. The summed E-state index contributed by atoms with van der Waals surface area (Å²) in [7, 11) is 1.55. The number of hydrogen-bond acceptors (Lipinski definition) is 4. The minimum absolute atomic E-state index is 0.122. The molecule has 6 heteroatoms. The molecule has 35 heavy (non-hydrogen) atoms. The van der Waals surface area contributed by atoms with E-state index in [1.165, 1.54) is 0 Å². The van der Waals surface area contributed by atoms with E-state index in [0.29, 0.717) is 22.6 Å². The third-order valence-electron chi connectivity index (χ3n) is 6.19. The lowest BCUT2D eigenvalue weighted by molar-refractivity contribution is 0.102. The molecular weight excluding hydrogens is 436 g/mol. The van der Waals surface area contributed by atoms with E-state index in [9.17, 15) is 4.79 Å². The van der Waals surface area contributed by atoms with Crippen molar-refractivity contribution in [2.24, 2.45) is 0 Å². The maximum atomic E-state index is 13.5. The van der Waals surface area contributed by atoms with Crippen molar-refractivity contribution in [2.75, 3.05) is 12.4 Å². The molecule has 1 N–H and O–H groups in total. The number of hydrogen-bond donors (Lipinski definition) is 1. The molecule has 5 rings (SSSR count). The molecule has 2 heterocycles. The van der Waals surface area contributed by atoms with Gasteiger partial charge in [0.1, 0.15) is 6.04 Å². The van der Waals surface area contributed by atoms with Gasteiger partial charge in [0, 0.05) is 11.5 Å². The van der Waals surface area contributed by atoms with Gasteiger partial charge < -0.3 is 10.1 Å². The number of nitrogens with zero attached hydrogens (tertiary/aromatic N) is 3. The molecule has 174 valence electrons. The molecule has 1 amide bonds. The molecule has 0 aliphatic rings. The zero-order valence-corrected chi connectivity index (χ0v) is 19.9. The van der Waals surface area contributed by atoms with Crippen LogP contribution in [0.15, 0.2) is 91.0 Å². The van der Waals surface area contributed by atoms with E-state index in [-0.39, 0.29) is 11.9 Å². The Hall–Kier alpha value is -4.45. The number of ether oxygens (including phenoxy) is 1. The van der Waals surface area contributed by atoms with Crippen LogP contribution in [0.5, 0.6) is 5.88 Å². The monoisotopic (exact) mass is 462 g/mol. The number of amides is 1. The van der Waals surface area contributed by atoms with Crippen LogP contribution in [0.25, 0.3) is 10.9 Å². The van der Waals surface area contributed by atoms with E-state index in [2.05, 4.69) is 34.6 Å². The summed E-state index contributed by atoms with van der Waals surface area (Å²) in [5.41, 5.74) is 5.76. The van der Waals surface area contributed by atoms with Gasteiger partial charge in [0.2, 0.25) is 5.88 Å². The van der Waals surface area contributed by atoms with Gasteiger partial charge >= 0.3 is 0 Å². The molecule has 0 bridgehead atoms. The molecule has 0 radical (unpaired) electrons. The molecular formula is C29H26N4O2. The van der Waals surface area contributed by atoms with Crippen molar-refractivity contribution < 1.29 is 9.53 Å². The minimum atomic E-state index is -0.233. The average Bonchev–Trinajstić information content (AvgIpc) is 3.17. The summed E-state index contributed by atoms with van der Waals surface area (Å²) in [5, 5.41) is 8.75. The summed E-state index contributed by atoms with van der Waals surface area (Å²) in [4.78, 5) is 17.9. The molecule has 6 nitrogen and oxygen atoms in total. The molecule has 0 aliphatic carbocycles. The lowest BCUT2D eigenvalue weighted by Gasteiger charge is -2.20. The van der Waals surface area contributed by atoms with E-state index >= 15 is 0 Å². The second-order valence-electron chi connectivity index (χ2n) is 8.40. The van der Waals surface area contributed by atoms with Crippen molar-refractivity contribution in [2.45, 2.75) is 19.9 Å². The normalized spacial score (nSPS) is 11.1. The van der Waals surface area contributed by atoms with Crippen LogP contribution in [0.3, 0.4) is 0 Å². The highest BCUT2D eigenvalue weighted by molar-refractivity contribution is 6.13. The lowest BCUT2D eigenvalue weighted by atomic mass is 9.98. The number of carbonyl (C=O) groups excluding carboxylic acids is 1. The number of aryl methyl sites for hydroxylation is 1. The molecule has 0 saturated heterocycles. The van der Waals surface area contributed by atoms with Crippen molar-refractivity contribution in [3.05, 3.63) is 119 Å². The van der Waals surface area contributed by atoms with E-state index in [0.717, 1.165) is 27.9 Å². The standard InChI is InChI=1S/C29H26N4O2/c1-19-27(31-29(34)24-18-26(35-3)30-25-17-11-10-16-23(24)25)20(2)33(32-19)28(21-12-6-4-7-13-21)22-14-8-5-9-15-22/h4-18,28H,1-3H3,(H,31,34). The van der Waals surface area contributed by atoms with Crippen LogP contribution < -0.4 is 10.1 Å². The van der Waals surface area contributed by atoms with Crippen LogP contribution in [0.4, 0.5) is 5.69 Å². The molecule has 5 aromatic rings. The smallest absolute Gasteiger partial charge is 0.256 e. The summed E-state index contributed by atoms with van der Waals surface area (Å²) in [5.74, 6) is 0.162. The Labute approximate surface area is 204 Å². The predicted octanol–water partition coefficient (Wildman–Crippen LogP) is 5.95. The van der Waals surface area contributed by atoms with Gasteiger partial charge in [0.05, 0.1) is 35.3 Å². The Morgan fingerprint density at radius 1 is 0.886 bits per heavy atom. The average molecular weight is 463 g/mol. The Morgan fingerprint density at radius 3 is 2.11 bits per heavy atom. The number of fused-ring (bicyclic) bond motifs is 1. The second kappa shape index (κ2) is 9.43. The van der Waals surface area contributed by atoms with Gasteiger partial charge in [-0.15, -0.1) is 0 Å². The van der Waals surface area contributed by atoms with E-state index < -0.39 is 0 Å². The second-order valence-corrected chi connectivity index (χ2v) is 8.40. The van der Waals surface area contributed by atoms with Gasteiger partial charge in [-0.1, -0.05) is 78.9 Å². The number of aromatic nitrogens is 3. The third kappa shape index (κ3) is 4.26. The van der Waals surface area contributed by atoms with Crippen molar-refractivity contribution >= 4 is 22.5 Å². The molecule has 0 saturated carbocycles. The van der Waals surface area contributed by atoms with Crippen molar-refractivity contribution in [1.82, 2.24) is 14.8 Å². The fourth-order valence-electron chi connectivity index (χ4n) is 4.47. The third-order valence-corrected chi connectivity index (χ3v) is 6.19. The topological polar surface area (TPSA) is 69.0 Å². The molecule has 2 aromatic heterocycles. The summed E-state index contributed by atoms with van der Waals surface area (Å²) < 4.78 is 7.32. The highest BCUT2D eigenvalue weighted by Gasteiger charge is 2.24. The first-order chi connectivity index (χ1) is 17.1. The predicted molar refractivity (Wildman–Crippen MR) is 138 cm³/mol. The van der Waals surface area contributed by atoms with Crippen LogP contribution >= 0.6 is 0 Å². The number of nitrogens with one attached hydrogen (secondary N) is 1. The number of pyridine rings is 1. The van der Waals surface area contributed by atoms with Crippen LogP contribution in [0, 0.1) is 13.8 Å². The first-order valence-corrected chi connectivity index (χ1v) is 11.5. The van der Waals surface area contributed by atoms with Gasteiger partial charge in [0.25, 0.3) is 5.91 Å². The Balaban J connectivity index is 1.56. The summed E-state index contributed by atoms with van der Waals surface area (Å²) >= 11 is 0. The maximum Gasteiger partial charge on any atom is 0.256 e. The van der Waals surface area contributed by atoms with Crippen molar-refractivity contribution in [3.63, 3.8) is 0 Å². The Bertz CT molecular complexity index is 1450. The quantitative estimate of drug-likeness (QED) is 0.339. The largest absolute Gasteiger partial charge is 0.481 e. The van der Waals surface area contributed by atoms with Gasteiger partial charge in [-0.2, -0.15) is 5.10 Å². The fraction of sp³-hybridized carbons (Fsp3) is 0.138. The van der Waals surface area contributed by atoms with E-state index in [4.69, 9.17) is 9.84 Å². The molecule has 3 aromatic carbocycles. The van der Waals surface area contributed by atoms with E-state index in [1.807, 2.05) is 79.2 Å². The SMILES string of the molecule is COc1cc(C(=O)Nc2c(C)nn(C(c3ccccc3)c3ccccc3)c2C)c2ccccc2n1. The molecule has 0 atom stereocenters. The fourth-order valence-corrected chi connectivity index (χ4v) is 4.47. The zero-order chi connectivity index (χ0) is 24.4. The highest BCUT2D eigenvalue weighted by atomic mass is 16.5. The highest BCUT2D eigenvalue weighted by Crippen LogP contribution is 2.32. The zero-order valence-electron chi connectivity index (χ0n) is 19.9. The lowest BCUT2D eigenvalue weighted by Crippen LogP contribution is -2.17. The number of rotatable bonds is 6. The molecule has 0 unspecified atom stereocenters. The van der Waals surface area contributed by atoms with Crippen LogP contribution in [0.2, 0.25) is 0 Å². The van der Waals surface area contributed by atoms with Gasteiger partial charge in [-0.3, -0.25) is 9.48 Å². The van der Waals surface area contributed by atoms with Gasteiger partial charge in [0.15, 0.2) is 0 Å². The number of para-hydroxylation sites is 1.